The number of nitro benzene ring substituents is 1. The molecule has 0 saturated carbocycles. The van der Waals surface area contributed by atoms with Crippen molar-refractivity contribution in [2.24, 2.45) is 5.73 Å². The van der Waals surface area contributed by atoms with Crippen molar-refractivity contribution in [1.82, 2.24) is 5.32 Å². The molecule has 0 spiro atoms. The van der Waals surface area contributed by atoms with Crippen LogP contribution in [0.25, 0.3) is 0 Å². The minimum absolute atomic E-state index is 0.00483. The van der Waals surface area contributed by atoms with Gasteiger partial charge in [-0.3, -0.25) is 10.1 Å². The van der Waals surface area contributed by atoms with Crippen molar-refractivity contribution in [2.45, 2.75) is 32.4 Å². The number of alkyl carbamates (subject to hydrolysis) is 1. The Bertz CT molecular complexity index is 543. The van der Waals surface area contributed by atoms with Crippen molar-refractivity contribution >= 4 is 23.4 Å². The van der Waals surface area contributed by atoms with Gasteiger partial charge in [0.05, 0.1) is 4.92 Å². The number of hydrogen-bond donors (Lipinski definition) is 2. The van der Waals surface area contributed by atoms with Crippen molar-refractivity contribution in [1.29, 1.82) is 0 Å². The summed E-state index contributed by atoms with van der Waals surface area (Å²) in [6.45, 7) is 5.39. The number of amides is 1. The molecule has 0 aliphatic carbocycles. The number of nitrogens with two attached hydrogens (primary N) is 1. The number of carbonyl (C=O) groups excluding carboxylic acids is 1. The number of nitrogens with one attached hydrogen (secondary N) is 1. The van der Waals surface area contributed by atoms with Crippen LogP contribution in [0.4, 0.5) is 10.5 Å². The summed E-state index contributed by atoms with van der Waals surface area (Å²) in [5, 5.41) is 13.2. The minimum Gasteiger partial charge on any atom is -0.444 e. The molecule has 1 aromatic carbocycles. The zero-order valence-corrected chi connectivity index (χ0v) is 12.8. The van der Waals surface area contributed by atoms with E-state index in [0.717, 1.165) is 0 Å². The van der Waals surface area contributed by atoms with E-state index >= 15 is 0 Å². The molecule has 1 atom stereocenters. The Morgan fingerprint density at radius 1 is 1.52 bits per heavy atom. The first kappa shape index (κ1) is 17.2. The number of nitro groups is 1. The van der Waals surface area contributed by atoms with Gasteiger partial charge < -0.3 is 15.8 Å². The van der Waals surface area contributed by atoms with Gasteiger partial charge in [0.15, 0.2) is 0 Å². The Labute approximate surface area is 127 Å². The fourth-order valence-corrected chi connectivity index (χ4v) is 1.79. The molecule has 0 saturated heterocycles. The van der Waals surface area contributed by atoms with Crippen molar-refractivity contribution < 1.29 is 14.5 Å². The Balaban J connectivity index is 2.64. The van der Waals surface area contributed by atoms with E-state index in [1.165, 1.54) is 18.2 Å². The van der Waals surface area contributed by atoms with Crippen LogP contribution < -0.4 is 11.1 Å². The van der Waals surface area contributed by atoms with Crippen molar-refractivity contribution in [2.75, 3.05) is 6.54 Å². The van der Waals surface area contributed by atoms with Gasteiger partial charge in [-0.05, 0) is 32.4 Å². The van der Waals surface area contributed by atoms with Gasteiger partial charge in [-0.25, -0.2) is 4.79 Å². The zero-order chi connectivity index (χ0) is 16.2. The standard InChI is InChI=1S/C13H18ClN3O4/c1-13(2,3)21-12(18)16-7-10(15)8-4-5-11(17(19)20)9(14)6-8/h4-6,10H,7,15H2,1-3H3,(H,16,18). The highest BCUT2D eigenvalue weighted by molar-refractivity contribution is 6.32. The van der Waals surface area contributed by atoms with Crippen LogP contribution in [-0.2, 0) is 4.74 Å². The lowest BCUT2D eigenvalue weighted by Crippen LogP contribution is -2.36. The number of ether oxygens (including phenoxy) is 1. The van der Waals surface area contributed by atoms with Gasteiger partial charge in [-0.15, -0.1) is 0 Å². The molecule has 0 aliphatic heterocycles. The summed E-state index contributed by atoms with van der Waals surface area (Å²) in [6.07, 6.45) is -0.578. The predicted octanol–water partition coefficient (Wildman–Crippen LogP) is 2.77. The molecular formula is C13H18ClN3O4. The average molecular weight is 316 g/mol. The summed E-state index contributed by atoms with van der Waals surface area (Å²) in [5.41, 5.74) is 5.71. The van der Waals surface area contributed by atoms with Crippen LogP contribution in [0, 0.1) is 10.1 Å². The molecule has 8 heteroatoms. The second-order valence-electron chi connectivity index (χ2n) is 5.46. The molecule has 3 N–H and O–H groups in total. The Kier molecular flexibility index (Phi) is 5.51. The highest BCUT2D eigenvalue weighted by atomic mass is 35.5. The molecule has 0 bridgehead atoms. The summed E-state index contributed by atoms with van der Waals surface area (Å²) in [6, 6.07) is 3.66. The maximum Gasteiger partial charge on any atom is 0.407 e. The number of halogens is 1. The summed E-state index contributed by atoms with van der Waals surface area (Å²) >= 11 is 5.81. The molecular weight excluding hydrogens is 298 g/mol. The second-order valence-corrected chi connectivity index (χ2v) is 5.86. The first-order chi connectivity index (χ1) is 9.60. The third-order valence-corrected chi connectivity index (χ3v) is 2.76. The van der Waals surface area contributed by atoms with Crippen molar-refractivity contribution in [3.63, 3.8) is 0 Å². The quantitative estimate of drug-likeness (QED) is 0.656. The Morgan fingerprint density at radius 3 is 2.62 bits per heavy atom. The maximum atomic E-state index is 11.5. The van der Waals surface area contributed by atoms with Crippen molar-refractivity contribution in [3.8, 4) is 0 Å². The molecule has 0 heterocycles. The lowest BCUT2D eigenvalue weighted by Gasteiger charge is -2.21. The number of hydrogen-bond acceptors (Lipinski definition) is 5. The van der Waals surface area contributed by atoms with Gasteiger partial charge >= 0.3 is 6.09 Å². The van der Waals surface area contributed by atoms with Crippen LogP contribution in [0.1, 0.15) is 32.4 Å². The van der Waals surface area contributed by atoms with Gasteiger partial charge in [0.2, 0.25) is 0 Å². The molecule has 1 aromatic rings. The van der Waals surface area contributed by atoms with Gasteiger partial charge in [0.25, 0.3) is 5.69 Å². The van der Waals surface area contributed by atoms with Crippen LogP contribution in [0.2, 0.25) is 5.02 Å². The van der Waals surface area contributed by atoms with Gasteiger partial charge in [0, 0.05) is 18.7 Å². The number of carbonyl (C=O) groups is 1. The highest BCUT2D eigenvalue weighted by Gasteiger charge is 2.18. The molecule has 21 heavy (non-hydrogen) atoms. The van der Waals surface area contributed by atoms with E-state index in [-0.39, 0.29) is 17.3 Å². The van der Waals surface area contributed by atoms with Crippen LogP contribution in [0.15, 0.2) is 18.2 Å². The zero-order valence-electron chi connectivity index (χ0n) is 12.1. The van der Waals surface area contributed by atoms with Crippen LogP contribution in [0.5, 0.6) is 0 Å². The third-order valence-electron chi connectivity index (χ3n) is 2.46. The number of rotatable bonds is 4. The lowest BCUT2D eigenvalue weighted by atomic mass is 10.1. The summed E-state index contributed by atoms with van der Waals surface area (Å²) in [5.74, 6) is 0. The van der Waals surface area contributed by atoms with Crippen molar-refractivity contribution in [3.05, 3.63) is 38.9 Å². The molecule has 1 rings (SSSR count). The van der Waals surface area contributed by atoms with E-state index < -0.39 is 22.7 Å². The highest BCUT2D eigenvalue weighted by Crippen LogP contribution is 2.26. The maximum absolute atomic E-state index is 11.5. The molecule has 0 aromatic heterocycles. The minimum atomic E-state index is -0.592. The smallest absolute Gasteiger partial charge is 0.407 e. The first-order valence-electron chi connectivity index (χ1n) is 6.26. The van der Waals surface area contributed by atoms with Gasteiger partial charge in [-0.2, -0.15) is 0 Å². The van der Waals surface area contributed by atoms with Crippen LogP contribution >= 0.6 is 11.6 Å². The number of nitrogens with zero attached hydrogens (tertiary/aromatic N) is 1. The largest absolute Gasteiger partial charge is 0.444 e. The fraction of sp³-hybridized carbons (Fsp3) is 0.462. The molecule has 0 aliphatic rings. The van der Waals surface area contributed by atoms with Gasteiger partial charge in [-0.1, -0.05) is 17.7 Å². The molecule has 0 fully saturated rings. The normalized spacial score (nSPS) is 12.6. The second kappa shape index (κ2) is 6.73. The average Bonchev–Trinajstić information content (AvgIpc) is 2.33. The molecule has 116 valence electrons. The van der Waals surface area contributed by atoms with E-state index in [1.807, 2.05) is 0 Å². The van der Waals surface area contributed by atoms with E-state index in [2.05, 4.69) is 5.32 Å². The fourth-order valence-electron chi connectivity index (χ4n) is 1.53. The van der Waals surface area contributed by atoms with Crippen LogP contribution in [-0.4, -0.2) is 23.2 Å². The summed E-state index contributed by atoms with van der Waals surface area (Å²) < 4.78 is 5.08. The van der Waals surface area contributed by atoms with Crippen LogP contribution in [0.3, 0.4) is 0 Å². The van der Waals surface area contributed by atoms with Gasteiger partial charge in [0.1, 0.15) is 10.6 Å². The van der Waals surface area contributed by atoms with E-state index in [1.54, 1.807) is 20.8 Å². The third kappa shape index (κ3) is 5.57. The first-order valence-corrected chi connectivity index (χ1v) is 6.64. The SMILES string of the molecule is CC(C)(C)OC(=O)NCC(N)c1ccc([N+](=O)[O-])c(Cl)c1. The monoisotopic (exact) mass is 315 g/mol. The molecule has 0 radical (unpaired) electrons. The van der Waals surface area contributed by atoms with E-state index in [4.69, 9.17) is 22.1 Å². The Hall–Kier alpha value is -1.86. The lowest BCUT2D eigenvalue weighted by molar-refractivity contribution is -0.384. The summed E-state index contributed by atoms with van der Waals surface area (Å²) in [4.78, 5) is 21.6. The predicted molar refractivity (Wildman–Crippen MR) is 79.3 cm³/mol. The van der Waals surface area contributed by atoms with E-state index in [9.17, 15) is 14.9 Å². The molecule has 1 amide bonds. The Morgan fingerprint density at radius 2 is 2.14 bits per heavy atom. The topological polar surface area (TPSA) is 107 Å². The number of benzene rings is 1. The molecule has 7 nitrogen and oxygen atoms in total. The van der Waals surface area contributed by atoms with E-state index in [0.29, 0.717) is 5.56 Å². The summed E-state index contributed by atoms with van der Waals surface area (Å²) in [7, 11) is 0. The molecule has 1 unspecified atom stereocenters.